The van der Waals surface area contributed by atoms with Crippen molar-refractivity contribution >= 4 is 34.1 Å². The Balaban J connectivity index is 1.72. The summed E-state index contributed by atoms with van der Waals surface area (Å²) < 4.78 is 11.6. The Labute approximate surface area is 188 Å². The number of furan rings is 1. The highest BCUT2D eigenvalue weighted by atomic mass is 35.5. The zero-order valence-electron chi connectivity index (χ0n) is 18.3. The highest BCUT2D eigenvalue weighted by Gasteiger charge is 2.20. The molecule has 0 radical (unpaired) electrons. The molecular formula is C26H28ClNO3. The molecule has 1 saturated carbocycles. The number of fused-ring (bicyclic) bond motifs is 1. The lowest BCUT2D eigenvalue weighted by Gasteiger charge is -2.22. The van der Waals surface area contributed by atoms with Gasteiger partial charge in [0, 0.05) is 39.2 Å². The molecular weight excluding hydrogens is 410 g/mol. The first-order chi connectivity index (χ1) is 15.0. The zero-order chi connectivity index (χ0) is 22.0. The van der Waals surface area contributed by atoms with Crippen molar-refractivity contribution < 1.29 is 13.9 Å². The van der Waals surface area contributed by atoms with E-state index in [1.54, 1.807) is 19.4 Å². The fourth-order valence-corrected chi connectivity index (χ4v) is 4.61. The van der Waals surface area contributed by atoms with E-state index in [0.717, 1.165) is 57.4 Å². The summed E-state index contributed by atoms with van der Waals surface area (Å²) in [5.41, 5.74) is 5.45. The molecule has 0 saturated heterocycles. The summed E-state index contributed by atoms with van der Waals surface area (Å²) in [6, 6.07) is 10.0. The van der Waals surface area contributed by atoms with E-state index in [-0.39, 0.29) is 11.9 Å². The Bertz CT molecular complexity index is 1120. The van der Waals surface area contributed by atoms with Crippen LogP contribution in [-0.2, 0) is 4.79 Å². The number of allylic oxidation sites excluding steroid dienone is 1. The Morgan fingerprint density at radius 2 is 1.90 bits per heavy atom. The summed E-state index contributed by atoms with van der Waals surface area (Å²) in [6.07, 6.45) is 9.20. The summed E-state index contributed by atoms with van der Waals surface area (Å²) >= 11 is 6.06. The van der Waals surface area contributed by atoms with Crippen molar-refractivity contribution in [3.05, 3.63) is 58.8 Å². The third kappa shape index (κ3) is 4.49. The van der Waals surface area contributed by atoms with Crippen LogP contribution < -0.4 is 10.1 Å². The van der Waals surface area contributed by atoms with E-state index in [9.17, 15) is 4.79 Å². The van der Waals surface area contributed by atoms with Gasteiger partial charge in [0.2, 0.25) is 5.91 Å². The Hall–Kier alpha value is -2.72. The lowest BCUT2D eigenvalue weighted by atomic mass is 9.95. The van der Waals surface area contributed by atoms with Crippen LogP contribution >= 0.6 is 11.6 Å². The largest absolute Gasteiger partial charge is 0.496 e. The summed E-state index contributed by atoms with van der Waals surface area (Å²) in [5, 5.41) is 4.83. The molecule has 0 unspecified atom stereocenters. The number of benzene rings is 2. The Morgan fingerprint density at radius 1 is 1.19 bits per heavy atom. The quantitative estimate of drug-likeness (QED) is 0.440. The van der Waals surface area contributed by atoms with Crippen molar-refractivity contribution in [2.75, 3.05) is 7.11 Å². The monoisotopic (exact) mass is 437 g/mol. The number of hydrogen-bond acceptors (Lipinski definition) is 3. The lowest BCUT2D eigenvalue weighted by Crippen LogP contribution is -2.35. The van der Waals surface area contributed by atoms with E-state index in [1.807, 2.05) is 44.2 Å². The number of aryl methyl sites for hydroxylation is 1. The van der Waals surface area contributed by atoms with Gasteiger partial charge in [-0.1, -0.05) is 43.0 Å². The van der Waals surface area contributed by atoms with Gasteiger partial charge in [0.1, 0.15) is 11.3 Å². The zero-order valence-corrected chi connectivity index (χ0v) is 19.0. The predicted molar refractivity (Wildman–Crippen MR) is 127 cm³/mol. The molecule has 4 rings (SSSR count). The minimum Gasteiger partial charge on any atom is -0.496 e. The maximum atomic E-state index is 12.7. The molecule has 1 aliphatic carbocycles. The number of halogens is 1. The van der Waals surface area contributed by atoms with Crippen LogP contribution in [0.4, 0.5) is 0 Å². The van der Waals surface area contributed by atoms with E-state index in [0.29, 0.717) is 5.02 Å². The van der Waals surface area contributed by atoms with Crippen molar-refractivity contribution in [1.29, 1.82) is 0 Å². The second kappa shape index (κ2) is 9.19. The molecule has 0 atom stereocenters. The van der Waals surface area contributed by atoms with Crippen molar-refractivity contribution in [3.63, 3.8) is 0 Å². The molecule has 4 nitrogen and oxygen atoms in total. The van der Waals surface area contributed by atoms with E-state index in [1.165, 1.54) is 19.3 Å². The minimum atomic E-state index is -0.0469. The molecule has 0 spiro atoms. The van der Waals surface area contributed by atoms with Gasteiger partial charge in [0.25, 0.3) is 0 Å². The van der Waals surface area contributed by atoms with Crippen LogP contribution in [0.1, 0.15) is 50.2 Å². The number of methoxy groups -OCH3 is 1. The van der Waals surface area contributed by atoms with E-state index in [4.69, 9.17) is 20.8 Å². The van der Waals surface area contributed by atoms with Gasteiger partial charge in [0.15, 0.2) is 0 Å². The molecule has 162 valence electrons. The van der Waals surface area contributed by atoms with Crippen LogP contribution in [0.15, 0.2) is 47.1 Å². The highest BCUT2D eigenvalue weighted by molar-refractivity contribution is 6.30. The van der Waals surface area contributed by atoms with Gasteiger partial charge in [-0.3, -0.25) is 4.79 Å². The molecule has 0 aliphatic heterocycles. The van der Waals surface area contributed by atoms with Gasteiger partial charge in [-0.25, -0.2) is 0 Å². The van der Waals surface area contributed by atoms with E-state index in [2.05, 4.69) is 5.32 Å². The third-order valence-electron chi connectivity index (χ3n) is 6.13. The summed E-state index contributed by atoms with van der Waals surface area (Å²) in [6.45, 7) is 3.93. The SMILES string of the molecule is COc1c(/C(C)=C/C(=O)NC2CCCCC2)cc2c(-c3ccc(Cl)cc3)coc2c1C. The van der Waals surface area contributed by atoms with Crippen LogP contribution in [-0.4, -0.2) is 19.1 Å². The van der Waals surface area contributed by atoms with E-state index >= 15 is 0 Å². The Kier molecular flexibility index (Phi) is 6.38. The summed E-state index contributed by atoms with van der Waals surface area (Å²) in [5.74, 6) is 0.679. The van der Waals surface area contributed by atoms with Gasteiger partial charge in [-0.15, -0.1) is 0 Å². The second-order valence-corrected chi connectivity index (χ2v) is 8.72. The molecule has 1 amide bonds. The minimum absolute atomic E-state index is 0.0469. The molecule has 0 bridgehead atoms. The van der Waals surface area contributed by atoms with E-state index < -0.39 is 0 Å². The normalized spacial score (nSPS) is 15.3. The topological polar surface area (TPSA) is 51.5 Å². The summed E-state index contributed by atoms with van der Waals surface area (Å²) in [7, 11) is 1.65. The van der Waals surface area contributed by atoms with Gasteiger partial charge < -0.3 is 14.5 Å². The molecule has 1 heterocycles. The van der Waals surface area contributed by atoms with Crippen LogP contribution in [0.25, 0.3) is 27.7 Å². The highest BCUT2D eigenvalue weighted by Crippen LogP contribution is 2.40. The van der Waals surface area contributed by atoms with Crippen molar-refractivity contribution in [2.24, 2.45) is 0 Å². The van der Waals surface area contributed by atoms with Crippen LogP contribution in [0.2, 0.25) is 5.02 Å². The number of ether oxygens (including phenoxy) is 1. The number of amides is 1. The average Bonchev–Trinajstić information content (AvgIpc) is 3.19. The first-order valence-electron chi connectivity index (χ1n) is 10.8. The second-order valence-electron chi connectivity index (χ2n) is 8.29. The summed E-state index contributed by atoms with van der Waals surface area (Å²) in [4.78, 5) is 12.7. The van der Waals surface area contributed by atoms with Crippen molar-refractivity contribution in [2.45, 2.75) is 52.0 Å². The first kappa shape index (κ1) is 21.5. The van der Waals surface area contributed by atoms with Crippen LogP contribution in [0, 0.1) is 6.92 Å². The smallest absolute Gasteiger partial charge is 0.244 e. The number of carbonyl (C=O) groups is 1. The fraction of sp³-hybridized carbons (Fsp3) is 0.346. The van der Waals surface area contributed by atoms with Gasteiger partial charge in [0.05, 0.1) is 13.4 Å². The number of nitrogens with one attached hydrogen (secondary N) is 1. The van der Waals surface area contributed by atoms with Gasteiger partial charge in [-0.2, -0.15) is 0 Å². The fourth-order valence-electron chi connectivity index (χ4n) is 4.49. The first-order valence-corrected chi connectivity index (χ1v) is 11.2. The molecule has 1 aromatic heterocycles. The standard InChI is InChI=1S/C26H28ClNO3/c1-16(13-24(29)28-20-7-5-4-6-8-20)21-14-22-23(18-9-11-19(27)12-10-18)15-31-26(22)17(2)25(21)30-3/h9-15,20H,4-8H2,1-3H3,(H,28,29)/b16-13+. The maximum absolute atomic E-state index is 12.7. The Morgan fingerprint density at radius 3 is 2.58 bits per heavy atom. The van der Waals surface area contributed by atoms with Crippen molar-refractivity contribution in [1.82, 2.24) is 5.32 Å². The van der Waals surface area contributed by atoms with Crippen LogP contribution in [0.3, 0.4) is 0 Å². The molecule has 31 heavy (non-hydrogen) atoms. The molecule has 2 aromatic carbocycles. The molecule has 1 N–H and O–H groups in total. The number of hydrogen-bond donors (Lipinski definition) is 1. The van der Waals surface area contributed by atoms with Crippen LogP contribution in [0.5, 0.6) is 5.75 Å². The predicted octanol–water partition coefficient (Wildman–Crippen LogP) is 6.92. The average molecular weight is 438 g/mol. The van der Waals surface area contributed by atoms with Gasteiger partial charge >= 0.3 is 0 Å². The van der Waals surface area contributed by atoms with Gasteiger partial charge in [-0.05, 0) is 56.0 Å². The lowest BCUT2D eigenvalue weighted by molar-refractivity contribution is -0.117. The number of carbonyl (C=O) groups excluding carboxylic acids is 1. The molecule has 3 aromatic rings. The number of rotatable bonds is 5. The molecule has 1 fully saturated rings. The van der Waals surface area contributed by atoms with Crippen molar-refractivity contribution in [3.8, 4) is 16.9 Å². The molecule has 5 heteroatoms. The third-order valence-corrected chi connectivity index (χ3v) is 6.38. The maximum Gasteiger partial charge on any atom is 0.244 e. The molecule has 1 aliphatic rings.